The van der Waals surface area contributed by atoms with Crippen LogP contribution in [0.25, 0.3) is 0 Å². The van der Waals surface area contributed by atoms with Gasteiger partial charge in [0.25, 0.3) is 0 Å². The SMILES string of the molecule is O=C(O)CCC1C(=O)NCCN1C1CC1. The molecule has 1 unspecified atom stereocenters. The Morgan fingerprint density at radius 1 is 1.53 bits per heavy atom. The first kappa shape index (κ1) is 10.4. The van der Waals surface area contributed by atoms with E-state index in [1.807, 2.05) is 0 Å². The lowest BCUT2D eigenvalue weighted by atomic mass is 10.1. The fraction of sp³-hybridized carbons (Fsp3) is 0.800. The van der Waals surface area contributed by atoms with Gasteiger partial charge in [0, 0.05) is 25.6 Å². The van der Waals surface area contributed by atoms with Crippen molar-refractivity contribution in [3.05, 3.63) is 0 Å². The molecule has 0 bridgehead atoms. The normalized spacial score (nSPS) is 27.5. The van der Waals surface area contributed by atoms with Crippen molar-refractivity contribution in [2.45, 2.75) is 37.8 Å². The Kier molecular flexibility index (Phi) is 2.90. The zero-order chi connectivity index (χ0) is 10.8. The number of carbonyl (C=O) groups is 2. The van der Waals surface area contributed by atoms with E-state index < -0.39 is 5.97 Å². The molecule has 2 N–H and O–H groups in total. The highest BCUT2D eigenvalue weighted by molar-refractivity contribution is 5.83. The van der Waals surface area contributed by atoms with Gasteiger partial charge in [-0.3, -0.25) is 14.5 Å². The van der Waals surface area contributed by atoms with E-state index in [1.165, 1.54) is 0 Å². The third kappa shape index (κ3) is 2.47. The molecule has 2 aliphatic rings. The fourth-order valence-electron chi connectivity index (χ4n) is 2.13. The van der Waals surface area contributed by atoms with Crippen molar-refractivity contribution in [2.75, 3.05) is 13.1 Å². The summed E-state index contributed by atoms with van der Waals surface area (Å²) in [5, 5.41) is 11.4. The van der Waals surface area contributed by atoms with E-state index in [4.69, 9.17) is 5.11 Å². The van der Waals surface area contributed by atoms with Gasteiger partial charge in [0.2, 0.25) is 5.91 Å². The van der Waals surface area contributed by atoms with Gasteiger partial charge >= 0.3 is 5.97 Å². The van der Waals surface area contributed by atoms with E-state index in [0.29, 0.717) is 19.0 Å². The molecule has 1 amide bonds. The molecule has 5 nitrogen and oxygen atoms in total. The van der Waals surface area contributed by atoms with Crippen LogP contribution in [0.1, 0.15) is 25.7 Å². The maximum absolute atomic E-state index is 11.6. The third-order valence-corrected chi connectivity index (χ3v) is 3.02. The molecule has 1 heterocycles. The van der Waals surface area contributed by atoms with E-state index in [0.717, 1.165) is 19.4 Å². The highest BCUT2D eigenvalue weighted by Crippen LogP contribution is 2.30. The molecule has 0 aromatic rings. The molecule has 2 fully saturated rings. The molecule has 5 heteroatoms. The molecule has 0 radical (unpaired) electrons. The monoisotopic (exact) mass is 212 g/mol. The summed E-state index contributed by atoms with van der Waals surface area (Å²) in [7, 11) is 0. The van der Waals surface area contributed by atoms with Crippen molar-refractivity contribution in [3.8, 4) is 0 Å². The molecular weight excluding hydrogens is 196 g/mol. The van der Waals surface area contributed by atoms with Crippen LogP contribution in [0.2, 0.25) is 0 Å². The lowest BCUT2D eigenvalue weighted by Crippen LogP contribution is -2.56. The first-order valence-corrected chi connectivity index (χ1v) is 5.44. The molecule has 1 saturated carbocycles. The van der Waals surface area contributed by atoms with E-state index in [9.17, 15) is 9.59 Å². The Bertz CT molecular complexity index is 276. The van der Waals surface area contributed by atoms with Crippen molar-refractivity contribution in [2.24, 2.45) is 0 Å². The van der Waals surface area contributed by atoms with Crippen LogP contribution < -0.4 is 5.32 Å². The Morgan fingerprint density at radius 3 is 2.87 bits per heavy atom. The van der Waals surface area contributed by atoms with Crippen molar-refractivity contribution < 1.29 is 14.7 Å². The molecular formula is C10H16N2O3. The molecule has 84 valence electrons. The van der Waals surface area contributed by atoms with Crippen LogP contribution in [0, 0.1) is 0 Å². The molecule has 0 spiro atoms. The number of hydrogen-bond acceptors (Lipinski definition) is 3. The summed E-state index contributed by atoms with van der Waals surface area (Å²) in [5.41, 5.74) is 0. The van der Waals surface area contributed by atoms with Crippen LogP contribution in [0.15, 0.2) is 0 Å². The Balaban J connectivity index is 1.95. The number of aliphatic carboxylic acids is 1. The number of amides is 1. The van der Waals surface area contributed by atoms with Gasteiger partial charge in [0.1, 0.15) is 0 Å². The number of piperazine rings is 1. The predicted molar refractivity (Wildman–Crippen MR) is 53.4 cm³/mol. The minimum absolute atomic E-state index is 0.00519. The summed E-state index contributed by atoms with van der Waals surface area (Å²) in [4.78, 5) is 24.3. The summed E-state index contributed by atoms with van der Waals surface area (Å²) in [6, 6.07) is 0.303. The van der Waals surface area contributed by atoms with Gasteiger partial charge in [-0.25, -0.2) is 0 Å². The highest BCUT2D eigenvalue weighted by atomic mass is 16.4. The smallest absolute Gasteiger partial charge is 0.303 e. The zero-order valence-corrected chi connectivity index (χ0v) is 8.61. The number of rotatable bonds is 4. The maximum Gasteiger partial charge on any atom is 0.303 e. The summed E-state index contributed by atoms with van der Waals surface area (Å²) in [6.45, 7) is 1.56. The van der Waals surface area contributed by atoms with Crippen molar-refractivity contribution in [3.63, 3.8) is 0 Å². The van der Waals surface area contributed by atoms with Crippen LogP contribution in [0.3, 0.4) is 0 Å². The first-order valence-electron chi connectivity index (χ1n) is 5.44. The minimum atomic E-state index is -0.830. The number of hydrogen-bond donors (Lipinski definition) is 2. The van der Waals surface area contributed by atoms with Gasteiger partial charge in [-0.1, -0.05) is 0 Å². The quantitative estimate of drug-likeness (QED) is 0.678. The van der Waals surface area contributed by atoms with Gasteiger partial charge in [0.05, 0.1) is 6.04 Å². The Morgan fingerprint density at radius 2 is 2.27 bits per heavy atom. The van der Waals surface area contributed by atoms with E-state index >= 15 is 0 Å². The topological polar surface area (TPSA) is 69.6 Å². The highest BCUT2D eigenvalue weighted by Gasteiger charge is 2.39. The molecule has 2 rings (SSSR count). The van der Waals surface area contributed by atoms with Gasteiger partial charge in [-0.15, -0.1) is 0 Å². The summed E-state index contributed by atoms with van der Waals surface area (Å²) in [5.74, 6) is -0.835. The minimum Gasteiger partial charge on any atom is -0.481 e. The molecule has 1 atom stereocenters. The maximum atomic E-state index is 11.6. The van der Waals surface area contributed by atoms with Gasteiger partial charge in [-0.05, 0) is 19.3 Å². The number of carbonyl (C=O) groups excluding carboxylic acids is 1. The Hall–Kier alpha value is -1.10. The molecule has 0 aromatic carbocycles. The second-order valence-corrected chi connectivity index (χ2v) is 4.21. The van der Waals surface area contributed by atoms with Crippen LogP contribution in [0.5, 0.6) is 0 Å². The Labute approximate surface area is 88.4 Å². The van der Waals surface area contributed by atoms with Crippen molar-refractivity contribution in [1.82, 2.24) is 10.2 Å². The van der Waals surface area contributed by atoms with E-state index in [1.54, 1.807) is 0 Å². The lowest BCUT2D eigenvalue weighted by Gasteiger charge is -2.34. The molecule has 0 aromatic heterocycles. The number of carboxylic acid groups (broad SMARTS) is 1. The van der Waals surface area contributed by atoms with E-state index in [-0.39, 0.29) is 18.4 Å². The number of nitrogens with one attached hydrogen (secondary N) is 1. The zero-order valence-electron chi connectivity index (χ0n) is 8.61. The lowest BCUT2D eigenvalue weighted by molar-refractivity contribution is -0.138. The summed E-state index contributed by atoms with van der Waals surface area (Å²) in [6.07, 6.45) is 2.80. The van der Waals surface area contributed by atoms with Gasteiger partial charge < -0.3 is 10.4 Å². The molecule has 1 aliphatic heterocycles. The fourth-order valence-corrected chi connectivity index (χ4v) is 2.13. The van der Waals surface area contributed by atoms with Crippen LogP contribution in [-0.4, -0.2) is 47.1 Å². The first-order chi connectivity index (χ1) is 7.18. The largest absolute Gasteiger partial charge is 0.481 e. The van der Waals surface area contributed by atoms with Crippen molar-refractivity contribution >= 4 is 11.9 Å². The average Bonchev–Trinajstić information content (AvgIpc) is 2.98. The van der Waals surface area contributed by atoms with E-state index in [2.05, 4.69) is 10.2 Å². The predicted octanol–water partition coefficient (Wildman–Crippen LogP) is -0.186. The van der Waals surface area contributed by atoms with Crippen LogP contribution in [0.4, 0.5) is 0 Å². The van der Waals surface area contributed by atoms with Gasteiger partial charge in [-0.2, -0.15) is 0 Å². The second-order valence-electron chi connectivity index (χ2n) is 4.21. The van der Waals surface area contributed by atoms with Crippen molar-refractivity contribution in [1.29, 1.82) is 0 Å². The van der Waals surface area contributed by atoms with Gasteiger partial charge in [0.15, 0.2) is 0 Å². The second kappa shape index (κ2) is 4.18. The number of nitrogens with zero attached hydrogens (tertiary/aromatic N) is 1. The number of carboxylic acids is 1. The van der Waals surface area contributed by atoms with Crippen LogP contribution >= 0.6 is 0 Å². The standard InChI is InChI=1S/C10H16N2O3/c13-9(14)4-3-8-10(15)11-5-6-12(8)7-1-2-7/h7-8H,1-6H2,(H,11,15)(H,13,14). The molecule has 1 saturated heterocycles. The summed E-state index contributed by atoms with van der Waals surface area (Å²) < 4.78 is 0. The molecule has 15 heavy (non-hydrogen) atoms. The summed E-state index contributed by atoms with van der Waals surface area (Å²) >= 11 is 0. The van der Waals surface area contributed by atoms with Crippen LogP contribution in [-0.2, 0) is 9.59 Å². The molecule has 1 aliphatic carbocycles. The third-order valence-electron chi connectivity index (χ3n) is 3.02. The average molecular weight is 212 g/mol.